The van der Waals surface area contributed by atoms with E-state index >= 15 is 0 Å². The van der Waals surface area contributed by atoms with Crippen LogP contribution in [0.5, 0.6) is 0 Å². The van der Waals surface area contributed by atoms with E-state index in [1.807, 2.05) is 30.3 Å². The van der Waals surface area contributed by atoms with E-state index in [1.54, 1.807) is 46.8 Å². The lowest BCUT2D eigenvalue weighted by Gasteiger charge is -2.31. The van der Waals surface area contributed by atoms with Crippen LogP contribution in [0.4, 0.5) is 0 Å². The molecule has 0 heterocycles. The quantitative estimate of drug-likeness (QED) is 0.185. The van der Waals surface area contributed by atoms with Gasteiger partial charge in [-0.2, -0.15) is 0 Å². The molecule has 3 rings (SSSR count). The molecule has 12 nitrogen and oxygen atoms in total. The van der Waals surface area contributed by atoms with Crippen LogP contribution >= 0.6 is 0 Å². The number of nitrogens with one attached hydrogen (secondary N) is 4. The number of primary sulfonamides is 1. The highest BCUT2D eigenvalue weighted by atomic mass is 32.2. The Morgan fingerprint density at radius 2 is 1.39 bits per heavy atom. The summed E-state index contributed by atoms with van der Waals surface area (Å²) in [5, 5.41) is 17.2. The molecular formula is C33H41N5O7S. The van der Waals surface area contributed by atoms with Gasteiger partial charge >= 0.3 is 0 Å². The van der Waals surface area contributed by atoms with Crippen molar-refractivity contribution < 1.29 is 32.4 Å². The van der Waals surface area contributed by atoms with E-state index in [4.69, 9.17) is 5.14 Å². The number of ketones is 1. The van der Waals surface area contributed by atoms with Gasteiger partial charge in [-0.05, 0) is 52.8 Å². The van der Waals surface area contributed by atoms with E-state index in [2.05, 4.69) is 21.3 Å². The van der Waals surface area contributed by atoms with Crippen LogP contribution in [0, 0.1) is 11.3 Å². The SMILES string of the molecule is CC(C)[C@H](NC(=O)[C@H](C)NC(=O)[C@@H](NC(=O)c1cccc2ccccc12)C(C)(C)C)C(=O)C(=O)NCc1ccc(S(N)(=O)=O)cc1. The second kappa shape index (κ2) is 14.6. The van der Waals surface area contributed by atoms with Crippen molar-refractivity contribution in [1.82, 2.24) is 21.3 Å². The van der Waals surface area contributed by atoms with Crippen LogP contribution < -0.4 is 26.4 Å². The van der Waals surface area contributed by atoms with E-state index in [-0.39, 0.29) is 11.4 Å². The van der Waals surface area contributed by atoms with Gasteiger partial charge in [0.1, 0.15) is 12.1 Å². The predicted molar refractivity (Wildman–Crippen MR) is 174 cm³/mol. The number of nitrogens with two attached hydrogens (primary N) is 1. The molecule has 0 saturated carbocycles. The molecule has 0 saturated heterocycles. The van der Waals surface area contributed by atoms with Crippen LogP contribution in [0.15, 0.2) is 71.6 Å². The number of benzene rings is 3. The Labute approximate surface area is 268 Å². The van der Waals surface area contributed by atoms with Crippen molar-refractivity contribution in [2.45, 2.75) is 71.1 Å². The van der Waals surface area contributed by atoms with E-state index in [0.29, 0.717) is 11.1 Å². The van der Waals surface area contributed by atoms with Gasteiger partial charge < -0.3 is 21.3 Å². The standard InChI is InChI=1S/C33H41N5O7S/c1-19(2)26(27(39)31(42)35-18-21-14-16-23(17-15-21)46(34,44)45)37-29(40)20(3)36-32(43)28(33(4,5)6)38-30(41)25-13-9-11-22-10-7-8-12-24(22)25/h7-17,19-20,26,28H,18H2,1-6H3,(H,35,42)(H,36,43)(H,37,40)(H,38,41)(H2,34,44,45)/t20-,26-,28+/m0/s1. The molecule has 246 valence electrons. The van der Waals surface area contributed by atoms with Gasteiger partial charge in [-0.25, -0.2) is 13.6 Å². The number of amides is 4. The number of Topliss-reactive ketones (excluding diaryl/α,β-unsaturated/α-hetero) is 1. The van der Waals surface area contributed by atoms with Gasteiger partial charge in [0.15, 0.2) is 0 Å². The first-order valence-corrected chi connectivity index (χ1v) is 16.3. The van der Waals surface area contributed by atoms with Crippen LogP contribution in [0.2, 0.25) is 0 Å². The molecule has 3 atom stereocenters. The zero-order chi connectivity index (χ0) is 34.4. The normalized spacial score (nSPS) is 13.7. The fourth-order valence-corrected chi connectivity index (χ4v) is 5.21. The van der Waals surface area contributed by atoms with Crippen molar-refractivity contribution in [1.29, 1.82) is 0 Å². The van der Waals surface area contributed by atoms with Crippen molar-refractivity contribution in [2.75, 3.05) is 0 Å². The smallest absolute Gasteiger partial charge is 0.289 e. The number of fused-ring (bicyclic) bond motifs is 1. The maximum atomic E-state index is 13.4. The minimum atomic E-state index is -3.87. The second-order valence-corrected chi connectivity index (χ2v) is 14.1. The molecule has 6 N–H and O–H groups in total. The Morgan fingerprint density at radius 3 is 1.98 bits per heavy atom. The molecule has 0 fully saturated rings. The number of hydrogen-bond donors (Lipinski definition) is 5. The average Bonchev–Trinajstić information content (AvgIpc) is 2.99. The van der Waals surface area contributed by atoms with Gasteiger partial charge in [-0.3, -0.25) is 24.0 Å². The first kappa shape index (κ1) is 35.9. The van der Waals surface area contributed by atoms with Crippen molar-refractivity contribution in [3.8, 4) is 0 Å². The number of hydrogen-bond acceptors (Lipinski definition) is 7. The van der Waals surface area contributed by atoms with Crippen LogP contribution in [-0.4, -0.2) is 56.0 Å². The summed E-state index contributed by atoms with van der Waals surface area (Å²) in [7, 11) is -3.87. The Kier molecular flexibility index (Phi) is 11.4. The fourth-order valence-electron chi connectivity index (χ4n) is 4.69. The summed E-state index contributed by atoms with van der Waals surface area (Å²) < 4.78 is 22.9. The van der Waals surface area contributed by atoms with Crippen LogP contribution in [-0.2, 0) is 35.7 Å². The highest BCUT2D eigenvalue weighted by Crippen LogP contribution is 2.23. The van der Waals surface area contributed by atoms with E-state index in [1.165, 1.54) is 31.2 Å². The van der Waals surface area contributed by atoms with E-state index in [0.717, 1.165) is 10.8 Å². The molecule has 0 spiro atoms. The zero-order valence-electron chi connectivity index (χ0n) is 26.7. The average molecular weight is 652 g/mol. The van der Waals surface area contributed by atoms with Gasteiger partial charge in [0.25, 0.3) is 11.8 Å². The Balaban J connectivity index is 1.64. The molecule has 0 aliphatic rings. The summed E-state index contributed by atoms with van der Waals surface area (Å²) in [5.41, 5.74) is 0.201. The summed E-state index contributed by atoms with van der Waals surface area (Å²) in [5.74, 6) is -4.04. The summed E-state index contributed by atoms with van der Waals surface area (Å²) >= 11 is 0. The molecule has 46 heavy (non-hydrogen) atoms. The molecule has 0 unspecified atom stereocenters. The molecule has 0 aliphatic carbocycles. The van der Waals surface area contributed by atoms with Crippen molar-refractivity contribution in [2.24, 2.45) is 16.5 Å². The van der Waals surface area contributed by atoms with Crippen molar-refractivity contribution in [3.63, 3.8) is 0 Å². The van der Waals surface area contributed by atoms with Crippen LogP contribution in [0.25, 0.3) is 10.8 Å². The lowest BCUT2D eigenvalue weighted by Crippen LogP contribution is -2.59. The molecule has 3 aromatic carbocycles. The third-order valence-electron chi connectivity index (χ3n) is 7.37. The number of rotatable bonds is 12. The molecule has 0 aromatic heterocycles. The van der Waals surface area contributed by atoms with Gasteiger partial charge in [0.2, 0.25) is 27.6 Å². The van der Waals surface area contributed by atoms with E-state index < -0.39 is 68.9 Å². The third-order valence-corrected chi connectivity index (χ3v) is 8.29. The fraction of sp³-hybridized carbons (Fsp3) is 0.364. The first-order valence-electron chi connectivity index (χ1n) is 14.7. The Hall–Kier alpha value is -4.62. The molecule has 0 bridgehead atoms. The summed E-state index contributed by atoms with van der Waals surface area (Å²) in [6.07, 6.45) is 0. The summed E-state index contributed by atoms with van der Waals surface area (Å²) in [4.78, 5) is 65.4. The highest BCUT2D eigenvalue weighted by molar-refractivity contribution is 7.89. The molecular weight excluding hydrogens is 610 g/mol. The van der Waals surface area contributed by atoms with Gasteiger partial charge in [-0.1, -0.05) is 83.1 Å². The number of carbonyl (C=O) groups excluding carboxylic acids is 5. The first-order chi connectivity index (χ1) is 21.4. The molecule has 13 heteroatoms. The number of sulfonamides is 1. The number of carbonyl (C=O) groups is 5. The molecule has 3 aromatic rings. The Bertz CT molecular complexity index is 1730. The zero-order valence-corrected chi connectivity index (χ0v) is 27.5. The predicted octanol–water partition coefficient (Wildman–Crippen LogP) is 2.16. The molecule has 0 radical (unpaired) electrons. The maximum absolute atomic E-state index is 13.4. The Morgan fingerprint density at radius 1 is 0.783 bits per heavy atom. The van der Waals surface area contributed by atoms with Gasteiger partial charge in [0, 0.05) is 12.1 Å². The van der Waals surface area contributed by atoms with Crippen molar-refractivity contribution in [3.05, 3.63) is 77.9 Å². The lowest BCUT2D eigenvalue weighted by atomic mass is 9.85. The topological polar surface area (TPSA) is 194 Å². The van der Waals surface area contributed by atoms with Gasteiger partial charge in [0.05, 0.1) is 10.9 Å². The largest absolute Gasteiger partial charge is 0.345 e. The van der Waals surface area contributed by atoms with Crippen molar-refractivity contribution >= 4 is 50.2 Å². The molecule has 4 amide bonds. The summed E-state index contributed by atoms with van der Waals surface area (Å²) in [6, 6.07) is 14.9. The van der Waals surface area contributed by atoms with Crippen LogP contribution in [0.1, 0.15) is 57.5 Å². The van der Waals surface area contributed by atoms with Crippen LogP contribution in [0.3, 0.4) is 0 Å². The minimum absolute atomic E-state index is 0.0701. The van der Waals surface area contributed by atoms with Gasteiger partial charge in [-0.15, -0.1) is 0 Å². The summed E-state index contributed by atoms with van der Waals surface area (Å²) in [6.45, 7) is 10.0. The lowest BCUT2D eigenvalue weighted by molar-refractivity contribution is -0.141. The monoisotopic (exact) mass is 651 g/mol. The highest BCUT2D eigenvalue weighted by Gasteiger charge is 2.36. The molecule has 0 aliphatic heterocycles. The minimum Gasteiger partial charge on any atom is -0.345 e. The third kappa shape index (κ3) is 9.21. The second-order valence-electron chi connectivity index (χ2n) is 12.5. The maximum Gasteiger partial charge on any atom is 0.289 e. The van der Waals surface area contributed by atoms with E-state index in [9.17, 15) is 32.4 Å².